The highest BCUT2D eigenvalue weighted by molar-refractivity contribution is 7.90. The van der Waals surface area contributed by atoms with Crippen molar-refractivity contribution in [2.75, 3.05) is 0 Å². The highest BCUT2D eigenvalue weighted by Crippen LogP contribution is 2.24. The molecule has 0 saturated carbocycles. The van der Waals surface area contributed by atoms with E-state index in [9.17, 15) is 8.42 Å². The zero-order valence-corrected chi connectivity index (χ0v) is 11.8. The quantitative estimate of drug-likeness (QED) is 0.734. The summed E-state index contributed by atoms with van der Waals surface area (Å²) in [4.78, 5) is 12.6. The summed E-state index contributed by atoms with van der Waals surface area (Å²) in [7, 11) is -3.56. The van der Waals surface area contributed by atoms with E-state index in [1.807, 2.05) is 17.5 Å². The van der Waals surface area contributed by atoms with Crippen molar-refractivity contribution in [2.45, 2.75) is 10.8 Å². The number of hydrogen-bond donors (Lipinski definition) is 0. The molecule has 8 heteroatoms. The Hall–Kier alpha value is -2.06. The Morgan fingerprint density at radius 1 is 1.30 bits per heavy atom. The molecule has 0 atom stereocenters. The van der Waals surface area contributed by atoms with Crippen LogP contribution in [0.15, 0.2) is 51.8 Å². The SMILES string of the molecule is O=S(=O)(Cc1coc(-c2cccs2)n1)c1cnccn1. The third-order valence-corrected chi connectivity index (χ3v) is 4.86. The second-order valence-electron chi connectivity index (χ2n) is 3.92. The third-order valence-electron chi connectivity index (χ3n) is 2.48. The van der Waals surface area contributed by atoms with Gasteiger partial charge in [-0.15, -0.1) is 11.3 Å². The van der Waals surface area contributed by atoms with Gasteiger partial charge in [-0.2, -0.15) is 0 Å². The molecule has 3 aromatic heterocycles. The molecule has 20 heavy (non-hydrogen) atoms. The fourth-order valence-corrected chi connectivity index (χ4v) is 3.37. The predicted molar refractivity (Wildman–Crippen MR) is 72.7 cm³/mol. The van der Waals surface area contributed by atoms with Crippen LogP contribution in [-0.2, 0) is 15.6 Å². The van der Waals surface area contributed by atoms with E-state index in [0.717, 1.165) is 4.88 Å². The Morgan fingerprint density at radius 2 is 2.20 bits per heavy atom. The Morgan fingerprint density at radius 3 is 2.90 bits per heavy atom. The van der Waals surface area contributed by atoms with Crippen LogP contribution >= 0.6 is 11.3 Å². The van der Waals surface area contributed by atoms with Crippen LogP contribution < -0.4 is 0 Å². The average Bonchev–Trinajstić information content (AvgIpc) is 3.10. The lowest BCUT2D eigenvalue weighted by Crippen LogP contribution is -2.07. The third kappa shape index (κ3) is 2.61. The van der Waals surface area contributed by atoms with Gasteiger partial charge in [0, 0.05) is 12.4 Å². The number of aromatic nitrogens is 3. The van der Waals surface area contributed by atoms with Crippen LogP contribution in [0.4, 0.5) is 0 Å². The lowest BCUT2D eigenvalue weighted by molar-refractivity contribution is 0.572. The summed E-state index contributed by atoms with van der Waals surface area (Å²) in [5.74, 6) is 0.157. The van der Waals surface area contributed by atoms with Gasteiger partial charge in [-0.25, -0.2) is 18.4 Å². The van der Waals surface area contributed by atoms with E-state index in [2.05, 4.69) is 15.0 Å². The Kier molecular flexibility index (Phi) is 3.33. The molecule has 0 unspecified atom stereocenters. The molecule has 0 spiro atoms. The number of hydrogen-bond acceptors (Lipinski definition) is 7. The summed E-state index contributed by atoms with van der Waals surface area (Å²) in [6.07, 6.45) is 5.33. The fourth-order valence-electron chi connectivity index (χ4n) is 1.60. The van der Waals surface area contributed by atoms with Crippen LogP contribution in [0.25, 0.3) is 10.8 Å². The molecule has 0 aliphatic rings. The van der Waals surface area contributed by atoms with Crippen LogP contribution in [0.3, 0.4) is 0 Å². The number of thiophene rings is 1. The Labute approximate surface area is 119 Å². The maximum absolute atomic E-state index is 12.1. The molecule has 0 radical (unpaired) electrons. The molecule has 6 nitrogen and oxygen atoms in total. The molecule has 0 aromatic carbocycles. The van der Waals surface area contributed by atoms with E-state index in [1.165, 1.54) is 36.2 Å². The number of oxazole rings is 1. The van der Waals surface area contributed by atoms with Gasteiger partial charge in [0.15, 0.2) is 5.03 Å². The van der Waals surface area contributed by atoms with E-state index in [0.29, 0.717) is 11.6 Å². The largest absolute Gasteiger partial charge is 0.444 e. The second kappa shape index (κ2) is 5.14. The minimum Gasteiger partial charge on any atom is -0.444 e. The first-order valence-electron chi connectivity index (χ1n) is 5.62. The van der Waals surface area contributed by atoms with E-state index in [-0.39, 0.29) is 10.8 Å². The van der Waals surface area contributed by atoms with Gasteiger partial charge in [-0.05, 0) is 11.4 Å². The normalized spacial score (nSPS) is 11.6. The van der Waals surface area contributed by atoms with E-state index in [4.69, 9.17) is 4.42 Å². The minimum atomic E-state index is -3.56. The lowest BCUT2D eigenvalue weighted by atomic mass is 10.5. The number of sulfone groups is 1. The fraction of sp³-hybridized carbons (Fsp3) is 0.0833. The summed E-state index contributed by atoms with van der Waals surface area (Å²) >= 11 is 1.48. The average molecular weight is 307 g/mol. The molecule has 0 aliphatic heterocycles. The van der Waals surface area contributed by atoms with Crippen molar-refractivity contribution in [3.8, 4) is 10.8 Å². The topological polar surface area (TPSA) is 86.0 Å². The first kappa shape index (κ1) is 12.9. The smallest absolute Gasteiger partial charge is 0.236 e. The van der Waals surface area contributed by atoms with Crippen LogP contribution in [0.1, 0.15) is 5.69 Å². The molecule has 0 fully saturated rings. The summed E-state index contributed by atoms with van der Waals surface area (Å²) < 4.78 is 29.5. The minimum absolute atomic E-state index is 0.0688. The van der Waals surface area contributed by atoms with Gasteiger partial charge in [0.1, 0.15) is 12.0 Å². The van der Waals surface area contributed by atoms with E-state index >= 15 is 0 Å². The summed E-state index contributed by atoms with van der Waals surface area (Å²) in [6, 6.07) is 3.73. The van der Waals surface area contributed by atoms with Crippen molar-refractivity contribution in [3.05, 3.63) is 48.1 Å². The second-order valence-corrected chi connectivity index (χ2v) is 6.81. The molecule has 0 bridgehead atoms. The summed E-state index contributed by atoms with van der Waals surface area (Å²) in [5.41, 5.74) is 0.346. The monoisotopic (exact) mass is 307 g/mol. The molecule has 0 aliphatic carbocycles. The molecule has 0 saturated heterocycles. The van der Waals surface area contributed by atoms with Gasteiger partial charge in [0.05, 0.1) is 16.8 Å². The van der Waals surface area contributed by atoms with Crippen molar-refractivity contribution >= 4 is 21.2 Å². The Balaban J connectivity index is 1.85. The first-order chi connectivity index (χ1) is 9.65. The van der Waals surface area contributed by atoms with Crippen LogP contribution in [0.2, 0.25) is 0 Å². The number of nitrogens with zero attached hydrogens (tertiary/aromatic N) is 3. The van der Waals surface area contributed by atoms with Crippen LogP contribution in [0, 0.1) is 0 Å². The molecule has 0 N–H and O–H groups in total. The highest BCUT2D eigenvalue weighted by Gasteiger charge is 2.20. The molecule has 3 aromatic rings. The van der Waals surface area contributed by atoms with E-state index < -0.39 is 9.84 Å². The van der Waals surface area contributed by atoms with E-state index in [1.54, 1.807) is 0 Å². The summed E-state index contributed by atoms with van der Waals surface area (Å²) in [5, 5.41) is 1.83. The standard InChI is InChI=1S/C12H9N3O3S2/c16-20(17,11-6-13-3-4-14-11)8-9-7-18-12(15-9)10-2-1-5-19-10/h1-7H,8H2. The van der Waals surface area contributed by atoms with Gasteiger partial charge in [-0.3, -0.25) is 4.98 Å². The van der Waals surface area contributed by atoms with Crippen molar-refractivity contribution in [1.82, 2.24) is 15.0 Å². The maximum Gasteiger partial charge on any atom is 0.236 e. The van der Waals surface area contributed by atoms with Crippen molar-refractivity contribution < 1.29 is 12.8 Å². The van der Waals surface area contributed by atoms with Gasteiger partial charge < -0.3 is 4.42 Å². The lowest BCUT2D eigenvalue weighted by Gasteiger charge is -1.99. The van der Waals surface area contributed by atoms with Crippen LogP contribution in [-0.4, -0.2) is 23.4 Å². The van der Waals surface area contributed by atoms with Crippen molar-refractivity contribution in [2.24, 2.45) is 0 Å². The predicted octanol–water partition coefficient (Wildman–Crippen LogP) is 2.17. The maximum atomic E-state index is 12.1. The van der Waals surface area contributed by atoms with Gasteiger partial charge in [0.2, 0.25) is 15.7 Å². The van der Waals surface area contributed by atoms with Crippen molar-refractivity contribution in [3.63, 3.8) is 0 Å². The zero-order valence-electron chi connectivity index (χ0n) is 10.1. The Bertz CT molecular complexity index is 796. The highest BCUT2D eigenvalue weighted by atomic mass is 32.2. The molecular formula is C12H9N3O3S2. The zero-order chi connectivity index (χ0) is 14.0. The first-order valence-corrected chi connectivity index (χ1v) is 8.15. The van der Waals surface area contributed by atoms with Crippen LogP contribution in [0.5, 0.6) is 0 Å². The number of rotatable bonds is 4. The molecule has 3 rings (SSSR count). The van der Waals surface area contributed by atoms with Gasteiger partial charge in [-0.1, -0.05) is 6.07 Å². The van der Waals surface area contributed by atoms with Gasteiger partial charge >= 0.3 is 0 Å². The van der Waals surface area contributed by atoms with Crippen molar-refractivity contribution in [1.29, 1.82) is 0 Å². The van der Waals surface area contributed by atoms with Gasteiger partial charge in [0.25, 0.3) is 0 Å². The molecule has 0 amide bonds. The molecular weight excluding hydrogens is 298 g/mol. The summed E-state index contributed by atoms with van der Waals surface area (Å²) in [6.45, 7) is 0. The molecule has 102 valence electrons. The molecule has 3 heterocycles.